The van der Waals surface area contributed by atoms with Crippen LogP contribution in [0.15, 0.2) is 4.99 Å². The molecule has 1 fully saturated rings. The lowest BCUT2D eigenvalue weighted by molar-refractivity contribution is 0.393. The van der Waals surface area contributed by atoms with Crippen molar-refractivity contribution in [3.05, 3.63) is 0 Å². The summed E-state index contributed by atoms with van der Waals surface area (Å²) in [6, 6.07) is 0. The average molecular weight is 140 g/mol. The van der Waals surface area contributed by atoms with E-state index in [-0.39, 0.29) is 0 Å². The molecule has 0 saturated carbocycles. The zero-order chi connectivity index (χ0) is 6.81. The van der Waals surface area contributed by atoms with E-state index in [1.807, 2.05) is 0 Å². The van der Waals surface area contributed by atoms with Gasteiger partial charge in [0.25, 0.3) is 0 Å². The molecule has 0 radical (unpaired) electrons. The van der Waals surface area contributed by atoms with Crippen molar-refractivity contribution in [3.63, 3.8) is 0 Å². The van der Waals surface area contributed by atoms with E-state index in [1.165, 1.54) is 6.42 Å². The van der Waals surface area contributed by atoms with Crippen LogP contribution in [-0.4, -0.2) is 37.1 Å². The Morgan fingerprint density at radius 1 is 1.40 bits per heavy atom. The maximum atomic E-state index is 4.29. The zero-order valence-electron chi connectivity index (χ0n) is 5.93. The van der Waals surface area contributed by atoms with Gasteiger partial charge in [0.05, 0.1) is 6.54 Å². The first kappa shape index (κ1) is 5.97. The molecule has 2 rings (SSSR count). The molecule has 2 heterocycles. The first-order valence-electron chi connectivity index (χ1n) is 3.76. The lowest BCUT2D eigenvalue weighted by atomic mass is 10.5. The summed E-state index contributed by atoms with van der Waals surface area (Å²) in [5.41, 5.74) is 3.24. The van der Waals surface area contributed by atoms with Gasteiger partial charge in [-0.2, -0.15) is 0 Å². The molecule has 0 aromatic rings. The van der Waals surface area contributed by atoms with Gasteiger partial charge >= 0.3 is 0 Å². The normalized spacial score (nSPS) is 24.8. The minimum absolute atomic E-state index is 0.924. The van der Waals surface area contributed by atoms with E-state index in [0.29, 0.717) is 0 Å². The molecule has 1 saturated heterocycles. The van der Waals surface area contributed by atoms with Crippen LogP contribution in [0, 0.1) is 0 Å². The molecule has 2 aliphatic heterocycles. The molecule has 0 unspecified atom stereocenters. The summed E-state index contributed by atoms with van der Waals surface area (Å²) in [4.78, 5) is 4.29. The van der Waals surface area contributed by atoms with Gasteiger partial charge in [0.2, 0.25) is 5.96 Å². The SMILES string of the molecule is C1CNN(C2=NCCN2)C1. The molecule has 2 aliphatic rings. The van der Waals surface area contributed by atoms with Crippen molar-refractivity contribution in [3.8, 4) is 0 Å². The van der Waals surface area contributed by atoms with Crippen LogP contribution in [0.1, 0.15) is 6.42 Å². The third kappa shape index (κ3) is 0.945. The highest BCUT2D eigenvalue weighted by atomic mass is 15.6. The number of guanidine groups is 1. The van der Waals surface area contributed by atoms with E-state index in [2.05, 4.69) is 20.7 Å². The number of rotatable bonds is 0. The molecular formula is C6H12N4. The molecular weight excluding hydrogens is 128 g/mol. The minimum Gasteiger partial charge on any atom is -0.353 e. The topological polar surface area (TPSA) is 39.7 Å². The second-order valence-corrected chi connectivity index (χ2v) is 2.55. The summed E-state index contributed by atoms with van der Waals surface area (Å²) < 4.78 is 0. The third-order valence-electron chi connectivity index (χ3n) is 1.77. The Balaban J connectivity index is 1.97. The maximum absolute atomic E-state index is 4.29. The van der Waals surface area contributed by atoms with Gasteiger partial charge in [-0.15, -0.1) is 0 Å². The predicted octanol–water partition coefficient (Wildman–Crippen LogP) is -0.844. The predicted molar refractivity (Wildman–Crippen MR) is 39.6 cm³/mol. The Kier molecular flexibility index (Phi) is 1.47. The largest absolute Gasteiger partial charge is 0.353 e. The highest BCUT2D eigenvalue weighted by Crippen LogP contribution is 1.98. The summed E-state index contributed by atoms with van der Waals surface area (Å²) in [7, 11) is 0. The second-order valence-electron chi connectivity index (χ2n) is 2.55. The minimum atomic E-state index is 0.924. The summed E-state index contributed by atoms with van der Waals surface area (Å²) in [6.07, 6.45) is 1.22. The van der Waals surface area contributed by atoms with Gasteiger partial charge in [-0.05, 0) is 6.42 Å². The van der Waals surface area contributed by atoms with Gasteiger partial charge in [-0.1, -0.05) is 0 Å². The molecule has 0 atom stereocenters. The molecule has 56 valence electrons. The number of nitrogens with one attached hydrogen (secondary N) is 2. The van der Waals surface area contributed by atoms with Crippen LogP contribution >= 0.6 is 0 Å². The molecule has 10 heavy (non-hydrogen) atoms. The first-order valence-corrected chi connectivity index (χ1v) is 3.76. The fourth-order valence-electron chi connectivity index (χ4n) is 1.28. The van der Waals surface area contributed by atoms with Crippen molar-refractivity contribution < 1.29 is 0 Å². The highest BCUT2D eigenvalue weighted by molar-refractivity contribution is 5.81. The first-order chi connectivity index (χ1) is 4.97. The molecule has 4 heteroatoms. The smallest absolute Gasteiger partial charge is 0.208 e. The van der Waals surface area contributed by atoms with E-state index >= 15 is 0 Å². The Morgan fingerprint density at radius 2 is 2.40 bits per heavy atom. The summed E-state index contributed by atoms with van der Waals surface area (Å²) in [5.74, 6) is 1.03. The standard InChI is InChI=1S/C6H12N4/c1-2-9-10(5-1)6-7-3-4-8-6/h9H,1-5H2,(H,7,8). The van der Waals surface area contributed by atoms with Crippen molar-refractivity contribution in [2.45, 2.75) is 6.42 Å². The van der Waals surface area contributed by atoms with Gasteiger partial charge < -0.3 is 5.32 Å². The van der Waals surface area contributed by atoms with Crippen molar-refractivity contribution in [1.82, 2.24) is 15.8 Å². The Hall–Kier alpha value is -0.770. The molecule has 2 N–H and O–H groups in total. The van der Waals surface area contributed by atoms with Crippen LogP contribution < -0.4 is 10.7 Å². The highest BCUT2D eigenvalue weighted by Gasteiger charge is 2.17. The van der Waals surface area contributed by atoms with Gasteiger partial charge in [0.1, 0.15) is 0 Å². The molecule has 0 amide bonds. The van der Waals surface area contributed by atoms with Gasteiger partial charge in [0.15, 0.2) is 0 Å². The van der Waals surface area contributed by atoms with Crippen LogP contribution in [0.25, 0.3) is 0 Å². The van der Waals surface area contributed by atoms with Gasteiger partial charge in [-0.3, -0.25) is 10.0 Å². The Labute approximate surface area is 60.3 Å². The summed E-state index contributed by atoms with van der Waals surface area (Å²) in [6.45, 7) is 4.09. The summed E-state index contributed by atoms with van der Waals surface area (Å²) >= 11 is 0. The van der Waals surface area contributed by atoms with E-state index in [0.717, 1.165) is 32.1 Å². The fourth-order valence-corrected chi connectivity index (χ4v) is 1.28. The Bertz CT molecular complexity index is 148. The van der Waals surface area contributed by atoms with Crippen molar-refractivity contribution >= 4 is 5.96 Å². The van der Waals surface area contributed by atoms with Crippen LogP contribution in [0.2, 0.25) is 0 Å². The van der Waals surface area contributed by atoms with E-state index in [4.69, 9.17) is 0 Å². The number of hydrogen-bond donors (Lipinski definition) is 2. The number of aliphatic imine (C=N–C) groups is 1. The monoisotopic (exact) mass is 140 g/mol. The van der Waals surface area contributed by atoms with Crippen LogP contribution in [0.4, 0.5) is 0 Å². The van der Waals surface area contributed by atoms with Gasteiger partial charge in [-0.25, -0.2) is 5.43 Å². The molecule has 4 nitrogen and oxygen atoms in total. The Morgan fingerprint density at radius 3 is 3.00 bits per heavy atom. The van der Waals surface area contributed by atoms with Crippen molar-refractivity contribution in [2.75, 3.05) is 26.2 Å². The molecule has 0 spiro atoms. The fraction of sp³-hybridized carbons (Fsp3) is 0.833. The lowest BCUT2D eigenvalue weighted by Gasteiger charge is -2.16. The molecule has 0 aromatic carbocycles. The quantitative estimate of drug-likeness (QED) is 0.460. The third-order valence-corrected chi connectivity index (χ3v) is 1.77. The van der Waals surface area contributed by atoms with Crippen LogP contribution in [-0.2, 0) is 0 Å². The average Bonchev–Trinajstić information content (AvgIpc) is 2.59. The van der Waals surface area contributed by atoms with Crippen molar-refractivity contribution in [2.24, 2.45) is 4.99 Å². The lowest BCUT2D eigenvalue weighted by Crippen LogP contribution is -2.42. The van der Waals surface area contributed by atoms with E-state index in [1.54, 1.807) is 0 Å². The van der Waals surface area contributed by atoms with Gasteiger partial charge in [0, 0.05) is 19.6 Å². The van der Waals surface area contributed by atoms with E-state index in [9.17, 15) is 0 Å². The van der Waals surface area contributed by atoms with E-state index < -0.39 is 0 Å². The number of hydrogen-bond acceptors (Lipinski definition) is 4. The number of nitrogens with zero attached hydrogens (tertiary/aromatic N) is 2. The second kappa shape index (κ2) is 2.46. The molecule has 0 aliphatic carbocycles. The van der Waals surface area contributed by atoms with Crippen LogP contribution in [0.3, 0.4) is 0 Å². The molecule has 0 aromatic heterocycles. The van der Waals surface area contributed by atoms with Crippen LogP contribution in [0.5, 0.6) is 0 Å². The maximum Gasteiger partial charge on any atom is 0.208 e. The number of hydrazine groups is 1. The zero-order valence-corrected chi connectivity index (χ0v) is 5.93. The summed E-state index contributed by atoms with van der Waals surface area (Å²) in [5, 5.41) is 5.30. The van der Waals surface area contributed by atoms with Crippen molar-refractivity contribution in [1.29, 1.82) is 0 Å². The molecule has 0 bridgehead atoms.